The SMILES string of the molecule is COc1cccc(N2C(=S)N[C@H](c3ccccn3)[C@@H]2c2cccn2-c2cccc(OC)c2)c1. The molecule has 1 saturated heterocycles. The van der Waals surface area contributed by atoms with Crippen LogP contribution in [0.1, 0.15) is 23.5 Å². The van der Waals surface area contributed by atoms with Gasteiger partial charge in [0, 0.05) is 41.6 Å². The van der Waals surface area contributed by atoms with E-state index in [0.29, 0.717) is 5.11 Å². The van der Waals surface area contributed by atoms with Gasteiger partial charge in [0.2, 0.25) is 0 Å². The van der Waals surface area contributed by atoms with Gasteiger partial charge in [-0.2, -0.15) is 0 Å². The van der Waals surface area contributed by atoms with Gasteiger partial charge in [0.05, 0.1) is 26.0 Å². The van der Waals surface area contributed by atoms with Crippen molar-refractivity contribution >= 4 is 23.0 Å². The maximum Gasteiger partial charge on any atom is 0.174 e. The maximum atomic E-state index is 5.85. The van der Waals surface area contributed by atoms with E-state index in [1.807, 2.05) is 66.9 Å². The molecule has 0 saturated carbocycles. The van der Waals surface area contributed by atoms with E-state index >= 15 is 0 Å². The Bertz CT molecular complexity index is 1270. The monoisotopic (exact) mass is 456 g/mol. The van der Waals surface area contributed by atoms with E-state index in [9.17, 15) is 0 Å². The number of hydrogen-bond acceptors (Lipinski definition) is 4. The van der Waals surface area contributed by atoms with Gasteiger partial charge in [-0.15, -0.1) is 0 Å². The molecule has 0 aliphatic carbocycles. The number of nitrogens with zero attached hydrogens (tertiary/aromatic N) is 3. The molecule has 166 valence electrons. The number of ether oxygens (including phenoxy) is 2. The first-order valence-corrected chi connectivity index (χ1v) is 11.1. The van der Waals surface area contributed by atoms with Crippen molar-refractivity contribution in [2.45, 2.75) is 12.1 Å². The summed E-state index contributed by atoms with van der Waals surface area (Å²) < 4.78 is 13.1. The van der Waals surface area contributed by atoms with Crippen LogP contribution in [-0.4, -0.2) is 28.9 Å². The zero-order valence-corrected chi connectivity index (χ0v) is 19.2. The van der Waals surface area contributed by atoms with Gasteiger partial charge in [-0.05, 0) is 60.7 Å². The number of methoxy groups -OCH3 is 2. The van der Waals surface area contributed by atoms with Crippen LogP contribution in [0.5, 0.6) is 11.5 Å². The Hall–Kier alpha value is -3.84. The molecule has 2 atom stereocenters. The highest BCUT2D eigenvalue weighted by Crippen LogP contribution is 2.43. The van der Waals surface area contributed by atoms with Gasteiger partial charge in [0.1, 0.15) is 17.5 Å². The van der Waals surface area contributed by atoms with Crippen molar-refractivity contribution < 1.29 is 9.47 Å². The molecule has 7 heteroatoms. The normalized spacial score (nSPS) is 17.6. The second-order valence-corrected chi connectivity index (χ2v) is 8.09. The molecule has 1 aliphatic heterocycles. The molecule has 33 heavy (non-hydrogen) atoms. The lowest BCUT2D eigenvalue weighted by atomic mass is 10.0. The topological polar surface area (TPSA) is 51.5 Å². The average molecular weight is 457 g/mol. The van der Waals surface area contributed by atoms with E-state index in [0.717, 1.165) is 34.3 Å². The van der Waals surface area contributed by atoms with Crippen molar-refractivity contribution in [3.05, 3.63) is 103 Å². The molecule has 0 spiro atoms. The highest BCUT2D eigenvalue weighted by Gasteiger charge is 2.42. The van der Waals surface area contributed by atoms with Crippen molar-refractivity contribution in [3.63, 3.8) is 0 Å². The number of hydrogen-bond donors (Lipinski definition) is 1. The van der Waals surface area contributed by atoms with E-state index in [-0.39, 0.29) is 12.1 Å². The number of aromatic nitrogens is 2. The van der Waals surface area contributed by atoms with Crippen LogP contribution in [-0.2, 0) is 0 Å². The van der Waals surface area contributed by atoms with E-state index in [4.69, 9.17) is 21.7 Å². The standard InChI is InChI=1S/C26H24N4O2S/c1-31-20-10-5-8-18(16-20)29-15-7-13-23(29)25-24(22-12-3-4-14-27-22)28-26(33)30(25)19-9-6-11-21(17-19)32-2/h3-17,24-25H,1-2H3,(H,28,33)/t24-,25+/m1/s1. The molecule has 2 aromatic carbocycles. The van der Waals surface area contributed by atoms with Crippen molar-refractivity contribution in [1.29, 1.82) is 0 Å². The molecule has 0 unspecified atom stereocenters. The molecule has 0 amide bonds. The van der Waals surface area contributed by atoms with E-state index in [2.05, 4.69) is 44.2 Å². The first kappa shape index (κ1) is 21.0. The first-order chi connectivity index (χ1) is 16.2. The molecule has 4 aromatic rings. The van der Waals surface area contributed by atoms with Crippen LogP contribution >= 0.6 is 12.2 Å². The fourth-order valence-corrected chi connectivity index (χ4v) is 4.67. The van der Waals surface area contributed by atoms with Crippen LogP contribution in [0.25, 0.3) is 5.69 Å². The van der Waals surface area contributed by atoms with Crippen molar-refractivity contribution in [2.24, 2.45) is 0 Å². The predicted octanol–water partition coefficient (Wildman–Crippen LogP) is 5.07. The summed E-state index contributed by atoms with van der Waals surface area (Å²) in [7, 11) is 3.35. The number of pyridine rings is 1. The summed E-state index contributed by atoms with van der Waals surface area (Å²) in [6.07, 6.45) is 3.87. The predicted molar refractivity (Wildman–Crippen MR) is 133 cm³/mol. The summed E-state index contributed by atoms with van der Waals surface area (Å²) >= 11 is 5.85. The number of nitrogens with one attached hydrogen (secondary N) is 1. The third-order valence-electron chi connectivity index (χ3n) is 5.84. The lowest BCUT2D eigenvalue weighted by Crippen LogP contribution is -2.30. The Morgan fingerprint density at radius 2 is 1.58 bits per heavy atom. The van der Waals surface area contributed by atoms with Gasteiger partial charge in [0.25, 0.3) is 0 Å². The quantitative estimate of drug-likeness (QED) is 0.409. The summed E-state index contributed by atoms with van der Waals surface area (Å²) in [6.45, 7) is 0. The minimum atomic E-state index is -0.138. The van der Waals surface area contributed by atoms with Gasteiger partial charge < -0.3 is 24.3 Å². The smallest absolute Gasteiger partial charge is 0.174 e. The molecule has 2 aromatic heterocycles. The third-order valence-corrected chi connectivity index (χ3v) is 6.16. The number of benzene rings is 2. The largest absolute Gasteiger partial charge is 0.497 e. The summed E-state index contributed by atoms with van der Waals surface area (Å²) in [6, 6.07) is 25.8. The van der Waals surface area contributed by atoms with E-state index in [1.165, 1.54) is 0 Å². The lowest BCUT2D eigenvalue weighted by Gasteiger charge is -2.29. The molecule has 0 bridgehead atoms. The lowest BCUT2D eigenvalue weighted by molar-refractivity contribution is 0.414. The number of rotatable bonds is 6. The molecule has 0 radical (unpaired) electrons. The molecule has 1 fully saturated rings. The molecule has 5 rings (SSSR count). The van der Waals surface area contributed by atoms with E-state index in [1.54, 1.807) is 14.2 Å². The zero-order chi connectivity index (χ0) is 22.8. The van der Waals surface area contributed by atoms with Crippen LogP contribution in [0.3, 0.4) is 0 Å². The Balaban J connectivity index is 1.66. The minimum Gasteiger partial charge on any atom is -0.497 e. The molecule has 3 heterocycles. The molecular weight excluding hydrogens is 432 g/mol. The highest BCUT2D eigenvalue weighted by molar-refractivity contribution is 7.80. The maximum absolute atomic E-state index is 5.85. The number of thiocarbonyl (C=S) groups is 1. The molecule has 6 nitrogen and oxygen atoms in total. The molecule has 1 aliphatic rings. The van der Waals surface area contributed by atoms with Gasteiger partial charge in [0.15, 0.2) is 5.11 Å². The molecule has 1 N–H and O–H groups in total. The fraction of sp³-hybridized carbons (Fsp3) is 0.154. The number of anilines is 1. The summed E-state index contributed by atoms with van der Waals surface area (Å²) in [5, 5.41) is 4.15. The van der Waals surface area contributed by atoms with Crippen LogP contribution < -0.4 is 19.7 Å². The van der Waals surface area contributed by atoms with Gasteiger partial charge in [-0.3, -0.25) is 4.98 Å². The van der Waals surface area contributed by atoms with Crippen LogP contribution in [0.4, 0.5) is 5.69 Å². The summed E-state index contributed by atoms with van der Waals surface area (Å²) in [5.41, 5.74) is 3.97. The van der Waals surface area contributed by atoms with Gasteiger partial charge >= 0.3 is 0 Å². The van der Waals surface area contributed by atoms with Crippen LogP contribution in [0.2, 0.25) is 0 Å². The van der Waals surface area contributed by atoms with Crippen LogP contribution in [0, 0.1) is 0 Å². The van der Waals surface area contributed by atoms with Crippen molar-refractivity contribution in [1.82, 2.24) is 14.9 Å². The Labute approximate surface area is 198 Å². The third kappa shape index (κ3) is 3.91. The summed E-state index contributed by atoms with van der Waals surface area (Å²) in [5.74, 6) is 1.58. The van der Waals surface area contributed by atoms with Crippen molar-refractivity contribution in [2.75, 3.05) is 19.1 Å². The summed E-state index contributed by atoms with van der Waals surface area (Å²) in [4.78, 5) is 6.79. The van der Waals surface area contributed by atoms with Crippen molar-refractivity contribution in [3.8, 4) is 17.2 Å². The Kier molecular flexibility index (Phi) is 5.71. The first-order valence-electron chi connectivity index (χ1n) is 10.7. The Morgan fingerprint density at radius 1 is 0.848 bits per heavy atom. The molecular formula is C26H24N4O2S. The zero-order valence-electron chi connectivity index (χ0n) is 18.4. The second-order valence-electron chi connectivity index (χ2n) is 7.70. The minimum absolute atomic E-state index is 0.135. The Morgan fingerprint density at radius 3 is 2.27 bits per heavy atom. The van der Waals surface area contributed by atoms with Crippen LogP contribution in [0.15, 0.2) is 91.3 Å². The average Bonchev–Trinajstić information content (AvgIpc) is 3.49. The highest BCUT2D eigenvalue weighted by atomic mass is 32.1. The van der Waals surface area contributed by atoms with E-state index < -0.39 is 0 Å². The second kappa shape index (κ2) is 8.96. The van der Waals surface area contributed by atoms with Gasteiger partial charge in [-0.25, -0.2) is 0 Å². The van der Waals surface area contributed by atoms with Gasteiger partial charge in [-0.1, -0.05) is 18.2 Å². The fourth-order valence-electron chi connectivity index (χ4n) is 4.32.